The minimum atomic E-state index is -0.0239. The lowest BCUT2D eigenvalue weighted by molar-refractivity contribution is 0.0300. The molecule has 1 unspecified atom stereocenters. The van der Waals surface area contributed by atoms with Gasteiger partial charge in [-0.15, -0.1) is 11.3 Å². The maximum atomic E-state index is 12.4. The molecule has 0 saturated carbocycles. The van der Waals surface area contributed by atoms with Gasteiger partial charge in [-0.3, -0.25) is 4.79 Å². The monoisotopic (exact) mass is 302 g/mol. The lowest BCUT2D eigenvalue weighted by Gasteiger charge is -2.39. The number of aliphatic hydroxyl groups is 1. The lowest BCUT2D eigenvalue weighted by Crippen LogP contribution is -2.52. The number of thiazole rings is 1. The smallest absolute Gasteiger partial charge is 0.265 e. The number of amides is 1. The van der Waals surface area contributed by atoms with Crippen LogP contribution in [0.4, 0.5) is 0 Å². The summed E-state index contributed by atoms with van der Waals surface area (Å²) in [7, 11) is 0. The van der Waals surface area contributed by atoms with Crippen molar-refractivity contribution < 1.29 is 9.90 Å². The van der Waals surface area contributed by atoms with Gasteiger partial charge in [-0.25, -0.2) is 4.98 Å². The van der Waals surface area contributed by atoms with E-state index in [1.54, 1.807) is 11.1 Å². The molecule has 0 aliphatic carbocycles. The van der Waals surface area contributed by atoms with Gasteiger partial charge in [0.2, 0.25) is 0 Å². The van der Waals surface area contributed by atoms with Crippen LogP contribution in [0.25, 0.3) is 10.6 Å². The Kier molecular flexibility index (Phi) is 3.78. The number of carbonyl (C=O) groups excluding carboxylic acids is 1. The molecule has 0 spiro atoms. The van der Waals surface area contributed by atoms with Crippen molar-refractivity contribution in [2.24, 2.45) is 0 Å². The number of benzene rings is 1. The van der Waals surface area contributed by atoms with Crippen molar-refractivity contribution >= 4 is 17.2 Å². The van der Waals surface area contributed by atoms with Crippen LogP contribution < -0.4 is 0 Å². The van der Waals surface area contributed by atoms with Crippen molar-refractivity contribution in [3.8, 4) is 10.6 Å². The maximum Gasteiger partial charge on any atom is 0.265 e. The number of rotatable bonds is 3. The molecule has 1 saturated heterocycles. The molecule has 1 amide bonds. The number of likely N-dealkylation sites (tertiary alicyclic amines) is 1. The largest absolute Gasteiger partial charge is 0.394 e. The molecule has 1 aliphatic heterocycles. The number of hydrogen-bond acceptors (Lipinski definition) is 4. The third-order valence-electron chi connectivity index (χ3n) is 3.94. The van der Waals surface area contributed by atoms with E-state index in [2.05, 4.69) is 37.0 Å². The normalized spacial score (nSPS) is 17.7. The molecule has 1 aromatic heterocycles. The Morgan fingerprint density at radius 3 is 2.90 bits per heavy atom. The van der Waals surface area contributed by atoms with Crippen LogP contribution >= 0.6 is 11.3 Å². The first-order chi connectivity index (χ1) is 10.1. The van der Waals surface area contributed by atoms with Crippen LogP contribution in [-0.4, -0.2) is 40.1 Å². The molecule has 1 aromatic carbocycles. The second-order valence-electron chi connectivity index (χ2n) is 5.47. The summed E-state index contributed by atoms with van der Waals surface area (Å²) in [5.74, 6) is -0.0196. The zero-order chi connectivity index (χ0) is 15.0. The van der Waals surface area contributed by atoms with Gasteiger partial charge in [-0.1, -0.05) is 23.8 Å². The molecule has 0 radical (unpaired) electrons. The predicted molar refractivity (Wildman–Crippen MR) is 83.6 cm³/mol. The Hall–Kier alpha value is -1.72. The van der Waals surface area contributed by atoms with Gasteiger partial charge < -0.3 is 10.0 Å². The van der Waals surface area contributed by atoms with Crippen LogP contribution in [0.5, 0.6) is 0 Å². The number of aryl methyl sites for hydroxylation is 2. The van der Waals surface area contributed by atoms with Crippen molar-refractivity contribution in [2.45, 2.75) is 26.3 Å². The molecule has 2 aromatic rings. The topological polar surface area (TPSA) is 53.4 Å². The van der Waals surface area contributed by atoms with E-state index < -0.39 is 0 Å². The standard InChI is InChI=1S/C16H18N2O2S/c1-10-3-4-13(11(2)7-10)15-17-8-14(21-15)16(20)18-6-5-12(18)9-19/h3-4,7-8,12,19H,5-6,9H2,1-2H3. The molecule has 5 heteroatoms. The summed E-state index contributed by atoms with van der Waals surface area (Å²) in [5.41, 5.74) is 3.46. The highest BCUT2D eigenvalue weighted by molar-refractivity contribution is 7.16. The number of aromatic nitrogens is 1. The summed E-state index contributed by atoms with van der Waals surface area (Å²) in [6.07, 6.45) is 2.53. The second-order valence-corrected chi connectivity index (χ2v) is 6.50. The van der Waals surface area contributed by atoms with Crippen LogP contribution in [0.2, 0.25) is 0 Å². The third-order valence-corrected chi connectivity index (χ3v) is 4.96. The number of carbonyl (C=O) groups is 1. The number of aliphatic hydroxyl groups excluding tert-OH is 1. The van der Waals surface area contributed by atoms with Crippen LogP contribution in [0.1, 0.15) is 27.2 Å². The molecule has 1 fully saturated rings. The quantitative estimate of drug-likeness (QED) is 0.948. The molecule has 3 rings (SSSR count). The van der Waals surface area contributed by atoms with Crippen molar-refractivity contribution in [1.29, 1.82) is 0 Å². The van der Waals surface area contributed by atoms with E-state index in [9.17, 15) is 9.90 Å². The van der Waals surface area contributed by atoms with Gasteiger partial charge in [0.25, 0.3) is 5.91 Å². The molecular weight excluding hydrogens is 284 g/mol. The van der Waals surface area contributed by atoms with Crippen LogP contribution in [0.3, 0.4) is 0 Å². The summed E-state index contributed by atoms with van der Waals surface area (Å²) in [6, 6.07) is 6.21. The van der Waals surface area contributed by atoms with Crippen LogP contribution in [0.15, 0.2) is 24.4 Å². The molecule has 4 nitrogen and oxygen atoms in total. The van der Waals surface area contributed by atoms with E-state index >= 15 is 0 Å². The second kappa shape index (κ2) is 5.58. The van der Waals surface area contributed by atoms with Gasteiger partial charge >= 0.3 is 0 Å². The molecule has 1 N–H and O–H groups in total. The lowest BCUT2D eigenvalue weighted by atomic mass is 10.0. The number of hydrogen-bond donors (Lipinski definition) is 1. The summed E-state index contributed by atoms with van der Waals surface area (Å²) >= 11 is 1.42. The highest BCUT2D eigenvalue weighted by Crippen LogP contribution is 2.30. The number of nitrogens with zero attached hydrogens (tertiary/aromatic N) is 2. The van der Waals surface area contributed by atoms with E-state index in [0.29, 0.717) is 4.88 Å². The molecule has 110 valence electrons. The molecular formula is C16H18N2O2S. The fourth-order valence-corrected chi connectivity index (χ4v) is 3.55. The van der Waals surface area contributed by atoms with E-state index in [1.165, 1.54) is 22.5 Å². The first-order valence-electron chi connectivity index (χ1n) is 7.05. The highest BCUT2D eigenvalue weighted by atomic mass is 32.1. The maximum absolute atomic E-state index is 12.4. The minimum Gasteiger partial charge on any atom is -0.394 e. The van der Waals surface area contributed by atoms with Crippen molar-refractivity contribution in [1.82, 2.24) is 9.88 Å². The Morgan fingerprint density at radius 1 is 1.48 bits per heavy atom. The third kappa shape index (κ3) is 2.59. The summed E-state index contributed by atoms with van der Waals surface area (Å²) in [6.45, 7) is 4.88. The molecule has 1 atom stereocenters. The van der Waals surface area contributed by atoms with Gasteiger partial charge in [0.15, 0.2) is 0 Å². The van der Waals surface area contributed by atoms with Gasteiger partial charge in [0, 0.05) is 12.1 Å². The molecule has 1 aliphatic rings. The average molecular weight is 302 g/mol. The van der Waals surface area contributed by atoms with E-state index in [-0.39, 0.29) is 18.6 Å². The molecule has 21 heavy (non-hydrogen) atoms. The predicted octanol–water partition coefficient (Wildman–Crippen LogP) is 2.63. The van der Waals surface area contributed by atoms with E-state index in [4.69, 9.17) is 0 Å². The van der Waals surface area contributed by atoms with Gasteiger partial charge in [0.1, 0.15) is 9.88 Å². The Morgan fingerprint density at radius 2 is 2.29 bits per heavy atom. The summed E-state index contributed by atoms with van der Waals surface area (Å²) in [5, 5.41) is 10.1. The summed E-state index contributed by atoms with van der Waals surface area (Å²) in [4.78, 5) is 19.1. The first kappa shape index (κ1) is 14.2. The van der Waals surface area contributed by atoms with Gasteiger partial charge in [0.05, 0.1) is 18.8 Å². The van der Waals surface area contributed by atoms with Crippen molar-refractivity contribution in [3.63, 3.8) is 0 Å². The average Bonchev–Trinajstić information content (AvgIpc) is 2.87. The van der Waals surface area contributed by atoms with E-state index in [1.807, 2.05) is 0 Å². The van der Waals surface area contributed by atoms with Crippen molar-refractivity contribution in [2.75, 3.05) is 13.2 Å². The SMILES string of the molecule is Cc1ccc(-c2ncc(C(=O)N3CCC3CO)s2)c(C)c1. The fourth-order valence-electron chi connectivity index (χ4n) is 2.59. The zero-order valence-electron chi connectivity index (χ0n) is 12.2. The minimum absolute atomic E-state index is 0.0196. The Labute approximate surface area is 128 Å². The molecule has 0 bridgehead atoms. The van der Waals surface area contributed by atoms with E-state index in [0.717, 1.165) is 23.5 Å². The zero-order valence-corrected chi connectivity index (χ0v) is 13.0. The highest BCUT2D eigenvalue weighted by Gasteiger charge is 2.33. The Balaban J connectivity index is 1.85. The van der Waals surface area contributed by atoms with Gasteiger partial charge in [-0.05, 0) is 25.8 Å². The van der Waals surface area contributed by atoms with Crippen LogP contribution in [-0.2, 0) is 0 Å². The first-order valence-corrected chi connectivity index (χ1v) is 7.87. The fraction of sp³-hybridized carbons (Fsp3) is 0.375. The van der Waals surface area contributed by atoms with Crippen LogP contribution in [0, 0.1) is 13.8 Å². The van der Waals surface area contributed by atoms with Crippen molar-refractivity contribution in [3.05, 3.63) is 40.4 Å². The summed E-state index contributed by atoms with van der Waals surface area (Å²) < 4.78 is 0. The Bertz CT molecular complexity index is 679. The van der Waals surface area contributed by atoms with Gasteiger partial charge in [-0.2, -0.15) is 0 Å². The molecule has 2 heterocycles.